The fourth-order valence-corrected chi connectivity index (χ4v) is 4.03. The minimum atomic E-state index is -3.55. The van der Waals surface area contributed by atoms with E-state index in [0.29, 0.717) is 24.5 Å². The van der Waals surface area contributed by atoms with Crippen molar-refractivity contribution < 1.29 is 8.42 Å². The van der Waals surface area contributed by atoms with Crippen LogP contribution in [0.25, 0.3) is 0 Å². The Hall–Kier alpha value is -1.71. The van der Waals surface area contributed by atoms with Crippen molar-refractivity contribution in [2.45, 2.75) is 44.7 Å². The van der Waals surface area contributed by atoms with Crippen LogP contribution in [0.3, 0.4) is 0 Å². The van der Waals surface area contributed by atoms with Crippen LogP contribution in [0.5, 0.6) is 0 Å². The van der Waals surface area contributed by atoms with Crippen molar-refractivity contribution in [1.82, 2.24) is 25.2 Å². The number of aromatic nitrogens is 1. The van der Waals surface area contributed by atoms with Crippen molar-refractivity contribution >= 4 is 16.0 Å². The van der Waals surface area contributed by atoms with Gasteiger partial charge in [0.2, 0.25) is 10.0 Å². The van der Waals surface area contributed by atoms with Crippen molar-refractivity contribution in [2.24, 2.45) is 10.9 Å². The standard InChI is InChI=1S/C18H32N6O2S/c1-5-20-18(23-17-13-24(14(2)3)12-15(17)4)21-9-10-22-27(25,26)16-7-6-8-19-11-16/h6-8,11,14-15,17,22H,5,9-10,12-13H2,1-4H3,(H2,20,21,23). The second-order valence-corrected chi connectivity index (χ2v) is 8.89. The molecule has 1 aromatic heterocycles. The van der Waals surface area contributed by atoms with E-state index in [2.05, 4.69) is 51.0 Å². The molecule has 3 N–H and O–H groups in total. The topological polar surface area (TPSA) is 98.7 Å². The number of sulfonamides is 1. The Bertz CT molecular complexity index is 708. The number of nitrogens with one attached hydrogen (secondary N) is 3. The molecule has 0 aromatic carbocycles. The summed E-state index contributed by atoms with van der Waals surface area (Å²) < 4.78 is 26.9. The highest BCUT2D eigenvalue weighted by Gasteiger charge is 2.31. The number of hydrogen-bond acceptors (Lipinski definition) is 5. The lowest BCUT2D eigenvalue weighted by Gasteiger charge is -2.22. The van der Waals surface area contributed by atoms with Gasteiger partial charge in [0.15, 0.2) is 5.96 Å². The predicted molar refractivity (Wildman–Crippen MR) is 108 cm³/mol. The number of likely N-dealkylation sites (tertiary alicyclic amines) is 1. The lowest BCUT2D eigenvalue weighted by molar-refractivity contribution is 0.265. The van der Waals surface area contributed by atoms with Crippen molar-refractivity contribution in [3.63, 3.8) is 0 Å². The molecule has 27 heavy (non-hydrogen) atoms. The Labute approximate surface area is 162 Å². The maximum atomic E-state index is 12.2. The second kappa shape index (κ2) is 10.0. The van der Waals surface area contributed by atoms with E-state index in [1.54, 1.807) is 12.3 Å². The Morgan fingerprint density at radius 3 is 2.78 bits per heavy atom. The van der Waals surface area contributed by atoms with Crippen LogP contribution >= 0.6 is 0 Å². The molecule has 1 aliphatic rings. The molecule has 2 atom stereocenters. The number of aliphatic imine (C=N–C) groups is 1. The smallest absolute Gasteiger partial charge is 0.242 e. The van der Waals surface area contributed by atoms with E-state index in [1.807, 2.05) is 6.92 Å². The first-order valence-corrected chi connectivity index (χ1v) is 11.0. The molecule has 0 aliphatic carbocycles. The quantitative estimate of drug-likeness (QED) is 0.339. The minimum absolute atomic E-state index is 0.160. The molecule has 2 unspecified atom stereocenters. The number of pyridine rings is 1. The third kappa shape index (κ3) is 6.44. The largest absolute Gasteiger partial charge is 0.357 e. The van der Waals surface area contributed by atoms with Crippen LogP contribution in [0.1, 0.15) is 27.7 Å². The summed E-state index contributed by atoms with van der Waals surface area (Å²) in [5.41, 5.74) is 0. The summed E-state index contributed by atoms with van der Waals surface area (Å²) in [4.78, 5) is 11.0. The van der Waals surface area contributed by atoms with Crippen LogP contribution in [0, 0.1) is 5.92 Å². The zero-order valence-electron chi connectivity index (χ0n) is 16.6. The van der Waals surface area contributed by atoms with E-state index in [-0.39, 0.29) is 11.4 Å². The van der Waals surface area contributed by atoms with E-state index in [4.69, 9.17) is 0 Å². The molecule has 0 saturated carbocycles. The average molecular weight is 397 g/mol. The van der Waals surface area contributed by atoms with Gasteiger partial charge in [0.25, 0.3) is 0 Å². The van der Waals surface area contributed by atoms with E-state index < -0.39 is 10.0 Å². The highest BCUT2D eigenvalue weighted by molar-refractivity contribution is 7.89. The van der Waals surface area contributed by atoms with Gasteiger partial charge in [-0.2, -0.15) is 0 Å². The predicted octanol–water partition coefficient (Wildman–Crippen LogP) is 0.644. The van der Waals surface area contributed by atoms with E-state index >= 15 is 0 Å². The second-order valence-electron chi connectivity index (χ2n) is 7.12. The van der Waals surface area contributed by atoms with E-state index in [1.165, 1.54) is 12.3 Å². The molecule has 1 aromatic rings. The summed E-state index contributed by atoms with van der Waals surface area (Å²) in [5, 5.41) is 6.73. The number of hydrogen-bond donors (Lipinski definition) is 3. The molecule has 0 spiro atoms. The van der Waals surface area contributed by atoms with Gasteiger partial charge in [-0.15, -0.1) is 0 Å². The lowest BCUT2D eigenvalue weighted by Crippen LogP contribution is -2.47. The normalized spacial score (nSPS) is 21.6. The summed E-state index contributed by atoms with van der Waals surface area (Å²) in [7, 11) is -3.55. The van der Waals surface area contributed by atoms with Crippen molar-refractivity contribution in [1.29, 1.82) is 0 Å². The highest BCUT2D eigenvalue weighted by atomic mass is 32.2. The third-order valence-electron chi connectivity index (χ3n) is 4.66. The SMILES string of the molecule is CCNC(=NCCNS(=O)(=O)c1cccnc1)NC1CN(C(C)C)CC1C. The first-order chi connectivity index (χ1) is 12.8. The van der Waals surface area contributed by atoms with Crippen LogP contribution in [-0.4, -0.2) is 69.1 Å². The molecule has 152 valence electrons. The molecule has 2 rings (SSSR count). The Morgan fingerprint density at radius 1 is 1.41 bits per heavy atom. The summed E-state index contributed by atoms with van der Waals surface area (Å²) in [5.74, 6) is 1.25. The van der Waals surface area contributed by atoms with Gasteiger partial charge in [-0.25, -0.2) is 13.1 Å². The van der Waals surface area contributed by atoms with Gasteiger partial charge in [0.1, 0.15) is 4.90 Å². The van der Waals surface area contributed by atoms with Gasteiger partial charge in [0.05, 0.1) is 6.54 Å². The van der Waals surface area contributed by atoms with E-state index in [9.17, 15) is 8.42 Å². The molecule has 9 heteroatoms. The summed E-state index contributed by atoms with van der Waals surface area (Å²) >= 11 is 0. The average Bonchev–Trinajstić information content (AvgIpc) is 3.00. The summed E-state index contributed by atoms with van der Waals surface area (Å²) in [6.45, 7) is 12.1. The maximum absolute atomic E-state index is 12.2. The first-order valence-electron chi connectivity index (χ1n) is 9.52. The molecule has 2 heterocycles. The third-order valence-corrected chi connectivity index (χ3v) is 6.10. The number of rotatable bonds is 8. The first kappa shape index (κ1) is 21.6. The summed E-state index contributed by atoms with van der Waals surface area (Å²) in [6.07, 6.45) is 2.88. The molecule has 1 fully saturated rings. The lowest BCUT2D eigenvalue weighted by atomic mass is 10.1. The van der Waals surface area contributed by atoms with Crippen molar-refractivity contribution in [2.75, 3.05) is 32.7 Å². The van der Waals surface area contributed by atoms with Gasteiger partial charge in [-0.3, -0.25) is 14.9 Å². The number of guanidine groups is 1. The van der Waals surface area contributed by atoms with Gasteiger partial charge < -0.3 is 10.6 Å². The Balaban J connectivity index is 1.88. The van der Waals surface area contributed by atoms with Crippen LogP contribution in [0.4, 0.5) is 0 Å². The zero-order chi connectivity index (χ0) is 19.9. The molecule has 0 radical (unpaired) electrons. The van der Waals surface area contributed by atoms with Crippen molar-refractivity contribution in [3.8, 4) is 0 Å². The zero-order valence-corrected chi connectivity index (χ0v) is 17.5. The molecule has 1 saturated heterocycles. The fraction of sp³-hybridized carbons (Fsp3) is 0.667. The van der Waals surface area contributed by atoms with Crippen LogP contribution < -0.4 is 15.4 Å². The summed E-state index contributed by atoms with van der Waals surface area (Å²) in [6, 6.07) is 3.98. The highest BCUT2D eigenvalue weighted by Crippen LogP contribution is 2.18. The van der Waals surface area contributed by atoms with Crippen molar-refractivity contribution in [3.05, 3.63) is 24.5 Å². The van der Waals surface area contributed by atoms with Crippen LogP contribution in [-0.2, 0) is 10.0 Å². The fourth-order valence-electron chi connectivity index (χ4n) is 3.05. The Morgan fingerprint density at radius 2 is 2.19 bits per heavy atom. The molecule has 0 amide bonds. The van der Waals surface area contributed by atoms with Crippen LogP contribution in [0.2, 0.25) is 0 Å². The minimum Gasteiger partial charge on any atom is -0.357 e. The molecular weight excluding hydrogens is 364 g/mol. The van der Waals surface area contributed by atoms with Gasteiger partial charge >= 0.3 is 0 Å². The van der Waals surface area contributed by atoms with Crippen LogP contribution in [0.15, 0.2) is 34.4 Å². The molecular formula is C18H32N6O2S. The number of nitrogens with zero attached hydrogens (tertiary/aromatic N) is 3. The van der Waals surface area contributed by atoms with Gasteiger partial charge in [-0.1, -0.05) is 6.92 Å². The Kier molecular flexibility index (Phi) is 8.00. The monoisotopic (exact) mass is 396 g/mol. The molecule has 1 aliphatic heterocycles. The maximum Gasteiger partial charge on any atom is 0.242 e. The molecule has 8 nitrogen and oxygen atoms in total. The van der Waals surface area contributed by atoms with Gasteiger partial charge in [-0.05, 0) is 38.8 Å². The molecule has 0 bridgehead atoms. The van der Waals surface area contributed by atoms with E-state index in [0.717, 1.165) is 25.6 Å². The van der Waals surface area contributed by atoms with Gasteiger partial charge in [0, 0.05) is 50.7 Å².